The minimum absolute atomic E-state index is 0.103. The van der Waals surface area contributed by atoms with Crippen LogP contribution in [0.4, 0.5) is 0 Å². The van der Waals surface area contributed by atoms with Gasteiger partial charge in [-0.15, -0.1) is 0 Å². The molecule has 0 saturated heterocycles. The molecule has 1 rings (SSSR count). The minimum Gasteiger partial charge on any atom is -0.497 e. The van der Waals surface area contributed by atoms with Gasteiger partial charge in [-0.05, 0) is 27.0 Å². The Labute approximate surface area is 113 Å². The second-order valence-corrected chi connectivity index (χ2v) is 4.98. The molecule has 0 atom stereocenters. The molecule has 1 aromatic carbocycles. The van der Waals surface area contributed by atoms with Crippen molar-refractivity contribution in [2.24, 2.45) is 5.41 Å². The molecule has 0 heterocycles. The lowest BCUT2D eigenvalue weighted by molar-refractivity contribution is -0.148. The van der Waals surface area contributed by atoms with E-state index in [4.69, 9.17) is 14.6 Å². The Morgan fingerprint density at radius 1 is 1.42 bits per heavy atom. The molecule has 5 heteroatoms. The van der Waals surface area contributed by atoms with Crippen molar-refractivity contribution in [1.82, 2.24) is 5.32 Å². The summed E-state index contributed by atoms with van der Waals surface area (Å²) in [6.45, 7) is 4.01. The van der Waals surface area contributed by atoms with Gasteiger partial charge in [0, 0.05) is 18.2 Å². The summed E-state index contributed by atoms with van der Waals surface area (Å²) in [5.41, 5.74) is 0.0319. The average Bonchev–Trinajstić information content (AvgIpc) is 2.37. The van der Waals surface area contributed by atoms with Gasteiger partial charge in [0.25, 0.3) is 0 Å². The van der Waals surface area contributed by atoms with E-state index in [9.17, 15) is 4.79 Å². The first-order valence-corrected chi connectivity index (χ1v) is 6.08. The standard InChI is InChI=1S/C14H21NO4/c1-14(2,13(16)17)9-19-12-7-11(18-4)6-5-10(12)8-15-3/h5-7,15H,8-9H2,1-4H3,(H,16,17). The molecule has 1 aromatic rings. The summed E-state index contributed by atoms with van der Waals surface area (Å²) >= 11 is 0. The SMILES string of the molecule is CNCc1ccc(OC)cc1OCC(C)(C)C(=O)O. The zero-order valence-electron chi connectivity index (χ0n) is 11.8. The Kier molecular flexibility index (Phi) is 5.18. The van der Waals surface area contributed by atoms with Crippen LogP contribution in [0.3, 0.4) is 0 Å². The normalized spacial score (nSPS) is 11.2. The molecule has 0 aliphatic heterocycles. The monoisotopic (exact) mass is 267 g/mol. The van der Waals surface area contributed by atoms with E-state index in [0.29, 0.717) is 18.0 Å². The predicted molar refractivity (Wildman–Crippen MR) is 72.7 cm³/mol. The average molecular weight is 267 g/mol. The zero-order chi connectivity index (χ0) is 14.5. The predicted octanol–water partition coefficient (Wildman–Crippen LogP) is 1.90. The van der Waals surface area contributed by atoms with Crippen LogP contribution in [-0.2, 0) is 11.3 Å². The first-order valence-electron chi connectivity index (χ1n) is 6.08. The molecule has 0 aliphatic carbocycles. The van der Waals surface area contributed by atoms with Gasteiger partial charge in [-0.1, -0.05) is 6.07 Å². The summed E-state index contributed by atoms with van der Waals surface area (Å²) < 4.78 is 10.8. The zero-order valence-corrected chi connectivity index (χ0v) is 11.8. The van der Waals surface area contributed by atoms with Crippen molar-refractivity contribution in [2.45, 2.75) is 20.4 Å². The number of hydrogen-bond acceptors (Lipinski definition) is 4. The Morgan fingerprint density at radius 3 is 2.63 bits per heavy atom. The van der Waals surface area contributed by atoms with Crippen molar-refractivity contribution >= 4 is 5.97 Å². The smallest absolute Gasteiger partial charge is 0.312 e. The molecule has 0 bridgehead atoms. The van der Waals surface area contributed by atoms with Gasteiger partial charge >= 0.3 is 5.97 Å². The van der Waals surface area contributed by atoms with Crippen LogP contribution in [0.15, 0.2) is 18.2 Å². The van der Waals surface area contributed by atoms with Gasteiger partial charge in [-0.2, -0.15) is 0 Å². The molecular weight excluding hydrogens is 246 g/mol. The highest BCUT2D eigenvalue weighted by Gasteiger charge is 2.28. The first kappa shape index (κ1) is 15.3. The molecule has 0 saturated carbocycles. The topological polar surface area (TPSA) is 67.8 Å². The number of carboxylic acid groups (broad SMARTS) is 1. The molecule has 0 spiro atoms. The second-order valence-electron chi connectivity index (χ2n) is 4.98. The van der Waals surface area contributed by atoms with E-state index in [1.165, 1.54) is 0 Å². The quantitative estimate of drug-likeness (QED) is 0.789. The van der Waals surface area contributed by atoms with Crippen molar-refractivity contribution in [3.63, 3.8) is 0 Å². The number of rotatable bonds is 7. The largest absolute Gasteiger partial charge is 0.497 e. The van der Waals surface area contributed by atoms with E-state index < -0.39 is 11.4 Å². The maximum absolute atomic E-state index is 11.1. The number of carboxylic acids is 1. The highest BCUT2D eigenvalue weighted by atomic mass is 16.5. The highest BCUT2D eigenvalue weighted by molar-refractivity contribution is 5.73. The Bertz CT molecular complexity index is 443. The van der Waals surface area contributed by atoms with Crippen molar-refractivity contribution in [3.8, 4) is 11.5 Å². The van der Waals surface area contributed by atoms with Gasteiger partial charge in [0.1, 0.15) is 18.1 Å². The van der Waals surface area contributed by atoms with Gasteiger partial charge in [-0.3, -0.25) is 4.79 Å². The van der Waals surface area contributed by atoms with Gasteiger partial charge < -0.3 is 19.9 Å². The molecule has 0 amide bonds. The maximum atomic E-state index is 11.1. The highest BCUT2D eigenvalue weighted by Crippen LogP contribution is 2.27. The molecule has 106 valence electrons. The van der Waals surface area contributed by atoms with Crippen molar-refractivity contribution in [2.75, 3.05) is 20.8 Å². The lowest BCUT2D eigenvalue weighted by Gasteiger charge is -2.21. The van der Waals surface area contributed by atoms with Crippen LogP contribution in [0.2, 0.25) is 0 Å². The number of aliphatic carboxylic acids is 1. The van der Waals surface area contributed by atoms with Crippen LogP contribution in [0.1, 0.15) is 19.4 Å². The van der Waals surface area contributed by atoms with E-state index in [0.717, 1.165) is 5.56 Å². The van der Waals surface area contributed by atoms with E-state index in [1.807, 2.05) is 19.2 Å². The van der Waals surface area contributed by atoms with Crippen LogP contribution in [0.25, 0.3) is 0 Å². The van der Waals surface area contributed by atoms with E-state index >= 15 is 0 Å². The van der Waals surface area contributed by atoms with Crippen LogP contribution >= 0.6 is 0 Å². The summed E-state index contributed by atoms with van der Waals surface area (Å²) in [4.78, 5) is 11.1. The van der Waals surface area contributed by atoms with Crippen molar-refractivity contribution in [1.29, 1.82) is 0 Å². The van der Waals surface area contributed by atoms with E-state index in [1.54, 1.807) is 27.0 Å². The van der Waals surface area contributed by atoms with Gasteiger partial charge in [0.05, 0.1) is 12.5 Å². The molecule has 0 unspecified atom stereocenters. The van der Waals surface area contributed by atoms with E-state index in [2.05, 4.69) is 5.32 Å². The second kappa shape index (κ2) is 6.43. The molecule has 0 fully saturated rings. The summed E-state index contributed by atoms with van der Waals surface area (Å²) in [5.74, 6) is 0.441. The third-order valence-corrected chi connectivity index (χ3v) is 2.81. The Hall–Kier alpha value is -1.75. The lowest BCUT2D eigenvalue weighted by Crippen LogP contribution is -2.31. The maximum Gasteiger partial charge on any atom is 0.312 e. The summed E-state index contributed by atoms with van der Waals surface area (Å²) in [6.07, 6.45) is 0. The molecule has 0 aromatic heterocycles. The fourth-order valence-corrected chi connectivity index (χ4v) is 1.45. The Morgan fingerprint density at radius 2 is 2.11 bits per heavy atom. The number of methoxy groups -OCH3 is 1. The lowest BCUT2D eigenvalue weighted by atomic mass is 9.95. The van der Waals surface area contributed by atoms with Crippen molar-refractivity contribution < 1.29 is 19.4 Å². The molecule has 5 nitrogen and oxygen atoms in total. The van der Waals surface area contributed by atoms with Crippen LogP contribution < -0.4 is 14.8 Å². The Balaban J connectivity index is 2.88. The van der Waals surface area contributed by atoms with E-state index in [-0.39, 0.29) is 6.61 Å². The number of benzene rings is 1. The third-order valence-electron chi connectivity index (χ3n) is 2.81. The number of nitrogens with one attached hydrogen (secondary N) is 1. The first-order chi connectivity index (χ1) is 8.90. The van der Waals surface area contributed by atoms with Gasteiger partial charge in [0.15, 0.2) is 0 Å². The van der Waals surface area contributed by atoms with Crippen LogP contribution in [0.5, 0.6) is 11.5 Å². The molecule has 2 N–H and O–H groups in total. The molecule has 19 heavy (non-hydrogen) atoms. The molecule has 0 radical (unpaired) electrons. The number of hydrogen-bond donors (Lipinski definition) is 2. The summed E-state index contributed by atoms with van der Waals surface area (Å²) in [5, 5.41) is 12.1. The summed E-state index contributed by atoms with van der Waals surface area (Å²) in [6, 6.07) is 5.52. The van der Waals surface area contributed by atoms with Gasteiger partial charge in [0.2, 0.25) is 0 Å². The minimum atomic E-state index is -0.931. The van der Waals surface area contributed by atoms with Crippen LogP contribution in [0, 0.1) is 5.41 Å². The van der Waals surface area contributed by atoms with Crippen LogP contribution in [-0.4, -0.2) is 31.8 Å². The van der Waals surface area contributed by atoms with Crippen molar-refractivity contribution in [3.05, 3.63) is 23.8 Å². The van der Waals surface area contributed by atoms with Gasteiger partial charge in [-0.25, -0.2) is 0 Å². The fourth-order valence-electron chi connectivity index (χ4n) is 1.45. The summed E-state index contributed by atoms with van der Waals surface area (Å²) in [7, 11) is 3.42. The third kappa shape index (κ3) is 4.13. The molecular formula is C14H21NO4. The number of carbonyl (C=O) groups is 1. The fraction of sp³-hybridized carbons (Fsp3) is 0.500. The molecule has 0 aliphatic rings. The number of ether oxygens (including phenoxy) is 2.